The number of para-hydroxylation sites is 1. The fraction of sp³-hybridized carbons (Fsp3) is 0.0833. The van der Waals surface area contributed by atoms with Gasteiger partial charge in [-0.3, -0.25) is 0 Å². The van der Waals surface area contributed by atoms with Gasteiger partial charge in [0, 0.05) is 44.8 Å². The van der Waals surface area contributed by atoms with Crippen LogP contribution in [-0.4, -0.2) is 4.98 Å². The minimum Gasteiger partial charge on any atom is -0.354 e. The van der Waals surface area contributed by atoms with Gasteiger partial charge in [0.05, 0.1) is 5.52 Å². The van der Waals surface area contributed by atoms with Crippen LogP contribution in [0.4, 0.5) is 11.4 Å². The molecule has 0 bridgehead atoms. The SMILES string of the molecule is C1=CCC(c2cc(-c3ccccc3-c3cccc(N(C4=CCCC=C4)c4ccccc4)c3)c3[nH]c4ccc(-c5ccccc5)cc4c3c2)C=C1. The van der Waals surface area contributed by atoms with Crippen LogP contribution in [0.25, 0.3) is 55.2 Å². The molecule has 6 aromatic carbocycles. The molecular weight excluding hydrogens is 605 g/mol. The van der Waals surface area contributed by atoms with E-state index in [0.29, 0.717) is 5.92 Å². The predicted molar refractivity (Wildman–Crippen MR) is 213 cm³/mol. The summed E-state index contributed by atoms with van der Waals surface area (Å²) < 4.78 is 0. The van der Waals surface area contributed by atoms with Crippen molar-refractivity contribution in [3.63, 3.8) is 0 Å². The van der Waals surface area contributed by atoms with E-state index in [0.717, 1.165) is 36.2 Å². The largest absolute Gasteiger partial charge is 0.354 e. The number of benzene rings is 6. The van der Waals surface area contributed by atoms with Gasteiger partial charge in [0.2, 0.25) is 0 Å². The quantitative estimate of drug-likeness (QED) is 0.183. The van der Waals surface area contributed by atoms with Crippen LogP contribution in [0.15, 0.2) is 188 Å². The fourth-order valence-corrected chi connectivity index (χ4v) is 7.66. The molecule has 2 aliphatic rings. The second kappa shape index (κ2) is 13.1. The van der Waals surface area contributed by atoms with Gasteiger partial charge in [0.15, 0.2) is 0 Å². The summed E-state index contributed by atoms with van der Waals surface area (Å²) in [6, 6.07) is 51.0. The second-order valence-corrected chi connectivity index (χ2v) is 13.3. The first-order valence-electron chi connectivity index (χ1n) is 17.7. The molecule has 240 valence electrons. The van der Waals surface area contributed by atoms with Crippen molar-refractivity contribution in [3.05, 3.63) is 193 Å². The lowest BCUT2D eigenvalue weighted by molar-refractivity contribution is 0.856. The van der Waals surface area contributed by atoms with Crippen molar-refractivity contribution < 1.29 is 0 Å². The third-order valence-electron chi connectivity index (χ3n) is 10.1. The topological polar surface area (TPSA) is 19.0 Å². The van der Waals surface area contributed by atoms with Gasteiger partial charge in [-0.05, 0) is 107 Å². The zero-order valence-corrected chi connectivity index (χ0v) is 28.0. The molecule has 2 nitrogen and oxygen atoms in total. The van der Waals surface area contributed by atoms with Crippen molar-refractivity contribution in [1.82, 2.24) is 4.98 Å². The summed E-state index contributed by atoms with van der Waals surface area (Å²) in [5, 5.41) is 2.52. The molecule has 0 radical (unpaired) electrons. The summed E-state index contributed by atoms with van der Waals surface area (Å²) in [7, 11) is 0. The van der Waals surface area contributed by atoms with Gasteiger partial charge in [-0.1, -0.05) is 127 Å². The number of hydrogen-bond acceptors (Lipinski definition) is 1. The number of aromatic amines is 1. The number of allylic oxidation sites excluding steroid dienone is 7. The first-order valence-corrected chi connectivity index (χ1v) is 17.7. The number of fused-ring (bicyclic) bond motifs is 3. The maximum Gasteiger partial charge on any atom is 0.0544 e. The summed E-state index contributed by atoms with van der Waals surface area (Å²) in [5.74, 6) is 0.331. The average molecular weight is 643 g/mol. The van der Waals surface area contributed by atoms with Crippen molar-refractivity contribution in [3.8, 4) is 33.4 Å². The number of nitrogens with zero attached hydrogens (tertiary/aromatic N) is 1. The zero-order valence-electron chi connectivity index (χ0n) is 28.0. The molecule has 9 rings (SSSR count). The highest BCUT2D eigenvalue weighted by Gasteiger charge is 2.20. The van der Waals surface area contributed by atoms with E-state index in [-0.39, 0.29) is 0 Å². The van der Waals surface area contributed by atoms with E-state index in [1.165, 1.54) is 60.9 Å². The van der Waals surface area contributed by atoms with E-state index < -0.39 is 0 Å². The van der Waals surface area contributed by atoms with Crippen LogP contribution in [-0.2, 0) is 0 Å². The Morgan fingerprint density at radius 3 is 2.12 bits per heavy atom. The third kappa shape index (κ3) is 5.59. The maximum absolute atomic E-state index is 3.87. The molecule has 1 atom stereocenters. The van der Waals surface area contributed by atoms with E-state index in [2.05, 4.69) is 192 Å². The van der Waals surface area contributed by atoms with Gasteiger partial charge in [-0.15, -0.1) is 0 Å². The number of nitrogens with one attached hydrogen (secondary N) is 1. The normalized spacial score (nSPS) is 15.4. The van der Waals surface area contributed by atoms with Crippen LogP contribution in [0.3, 0.4) is 0 Å². The Labute approximate surface area is 294 Å². The van der Waals surface area contributed by atoms with E-state index in [1.807, 2.05) is 0 Å². The summed E-state index contributed by atoms with van der Waals surface area (Å²) in [4.78, 5) is 6.25. The number of H-pyrrole nitrogens is 1. The molecule has 0 aliphatic heterocycles. The molecular formula is C48H38N2. The molecule has 0 saturated carbocycles. The molecule has 1 aromatic heterocycles. The lowest BCUT2D eigenvalue weighted by atomic mass is 9.86. The average Bonchev–Trinajstić information content (AvgIpc) is 3.57. The van der Waals surface area contributed by atoms with Crippen LogP contribution < -0.4 is 4.90 Å². The Morgan fingerprint density at radius 2 is 1.32 bits per heavy atom. The van der Waals surface area contributed by atoms with Gasteiger partial charge >= 0.3 is 0 Å². The summed E-state index contributed by atoms with van der Waals surface area (Å²) >= 11 is 0. The lowest BCUT2D eigenvalue weighted by Crippen LogP contribution is -2.16. The number of hydrogen-bond donors (Lipinski definition) is 1. The molecule has 2 aliphatic carbocycles. The van der Waals surface area contributed by atoms with Crippen molar-refractivity contribution >= 4 is 33.2 Å². The van der Waals surface area contributed by atoms with Crippen molar-refractivity contribution in [1.29, 1.82) is 0 Å². The van der Waals surface area contributed by atoms with Gasteiger partial charge in [0.25, 0.3) is 0 Å². The number of anilines is 2. The van der Waals surface area contributed by atoms with Crippen molar-refractivity contribution in [2.75, 3.05) is 4.90 Å². The Hall–Kier alpha value is -6.12. The zero-order chi connectivity index (χ0) is 33.3. The standard InChI is InChI=1S/C48H38N2/c1-5-16-34(17-6-1)36-28-29-47-44(31-36)46-33-38(35-18-7-2-8-19-35)32-45(48(46)49-47)43-27-14-13-26-42(43)37-20-15-25-41(30-37)50(39-21-9-3-10-22-39)40-23-11-4-12-24-40/h1-3,5-11,13-18,20-33,35,49H,4,12,19H2. The highest BCUT2D eigenvalue weighted by Crippen LogP contribution is 2.43. The minimum atomic E-state index is 0.331. The molecule has 0 spiro atoms. The Kier molecular flexibility index (Phi) is 7.83. The van der Waals surface area contributed by atoms with Crippen LogP contribution in [0.2, 0.25) is 0 Å². The van der Waals surface area contributed by atoms with Crippen molar-refractivity contribution in [2.45, 2.75) is 25.2 Å². The third-order valence-corrected chi connectivity index (χ3v) is 10.1. The molecule has 2 heteroatoms. The molecule has 0 amide bonds. The van der Waals surface area contributed by atoms with Crippen molar-refractivity contribution in [2.24, 2.45) is 0 Å². The molecule has 0 saturated heterocycles. The monoisotopic (exact) mass is 642 g/mol. The Bertz CT molecular complexity index is 2460. The summed E-state index contributed by atoms with van der Waals surface area (Å²) in [5.41, 5.74) is 14.5. The molecule has 0 fully saturated rings. The first kappa shape index (κ1) is 30.0. The second-order valence-electron chi connectivity index (χ2n) is 13.3. The smallest absolute Gasteiger partial charge is 0.0544 e. The minimum absolute atomic E-state index is 0.331. The lowest BCUT2D eigenvalue weighted by Gasteiger charge is -2.28. The highest BCUT2D eigenvalue weighted by atomic mass is 15.1. The van der Waals surface area contributed by atoms with Crippen LogP contribution in [0.5, 0.6) is 0 Å². The fourth-order valence-electron chi connectivity index (χ4n) is 7.66. The van der Waals surface area contributed by atoms with E-state index in [9.17, 15) is 0 Å². The molecule has 1 heterocycles. The van der Waals surface area contributed by atoms with Gasteiger partial charge in [-0.2, -0.15) is 0 Å². The highest BCUT2D eigenvalue weighted by molar-refractivity contribution is 6.14. The number of aromatic nitrogens is 1. The maximum atomic E-state index is 3.87. The molecule has 7 aromatic rings. The first-order chi connectivity index (χ1) is 24.8. The summed E-state index contributed by atoms with van der Waals surface area (Å²) in [6.07, 6.45) is 19.0. The Balaban J connectivity index is 1.23. The number of rotatable bonds is 7. The van der Waals surface area contributed by atoms with E-state index in [4.69, 9.17) is 0 Å². The van der Waals surface area contributed by atoms with Gasteiger partial charge < -0.3 is 9.88 Å². The van der Waals surface area contributed by atoms with E-state index >= 15 is 0 Å². The van der Waals surface area contributed by atoms with Gasteiger partial charge in [-0.25, -0.2) is 0 Å². The Morgan fingerprint density at radius 1 is 0.540 bits per heavy atom. The van der Waals surface area contributed by atoms with Crippen LogP contribution >= 0.6 is 0 Å². The molecule has 1 unspecified atom stereocenters. The van der Waals surface area contributed by atoms with Gasteiger partial charge in [0.1, 0.15) is 0 Å². The van der Waals surface area contributed by atoms with Crippen LogP contribution in [0, 0.1) is 0 Å². The molecule has 1 N–H and O–H groups in total. The predicted octanol–water partition coefficient (Wildman–Crippen LogP) is 13.3. The van der Waals surface area contributed by atoms with Crippen LogP contribution in [0.1, 0.15) is 30.7 Å². The van der Waals surface area contributed by atoms with E-state index in [1.54, 1.807) is 0 Å². The summed E-state index contributed by atoms with van der Waals surface area (Å²) in [6.45, 7) is 0. The molecule has 50 heavy (non-hydrogen) atoms.